The number of halogens is 9. The van der Waals surface area contributed by atoms with Crippen LogP contribution < -0.4 is 15.8 Å². The van der Waals surface area contributed by atoms with Crippen molar-refractivity contribution in [2.75, 3.05) is 12.8 Å². The van der Waals surface area contributed by atoms with E-state index < -0.39 is 39.7 Å². The van der Waals surface area contributed by atoms with E-state index in [1.165, 1.54) is 32.2 Å². The molecule has 0 fully saturated rings. The van der Waals surface area contributed by atoms with Gasteiger partial charge in [0, 0.05) is 15.1 Å². The predicted molar refractivity (Wildman–Crippen MR) is 106 cm³/mol. The molecule has 1 amide bonds. The van der Waals surface area contributed by atoms with E-state index in [1.807, 2.05) is 0 Å². The Labute approximate surface area is 185 Å². The Morgan fingerprint density at radius 2 is 1.71 bits per heavy atom. The Balaban J connectivity index is 3.39. The first-order chi connectivity index (χ1) is 14.0. The third-order valence-corrected chi connectivity index (χ3v) is 4.66. The second-order valence-electron chi connectivity index (χ2n) is 5.96. The molecule has 0 unspecified atom stereocenters. The number of hydrogen-bond donors (Lipinski definition) is 2. The molecular weight excluding hydrogens is 525 g/mol. The molecule has 0 aliphatic heterocycles. The minimum Gasteiger partial charge on any atom is -0.494 e. The van der Waals surface area contributed by atoms with E-state index >= 15 is 0 Å². The number of alkyl halides is 7. The number of allylic oxidation sites excluding steroid dienone is 4. The summed E-state index contributed by atoms with van der Waals surface area (Å²) in [5, 5.41) is 1.95. The van der Waals surface area contributed by atoms with Crippen LogP contribution in [-0.4, -0.2) is 31.0 Å². The summed E-state index contributed by atoms with van der Waals surface area (Å²) in [4.78, 5) is 12.6. The Morgan fingerprint density at radius 3 is 2.13 bits per heavy atom. The fourth-order valence-electron chi connectivity index (χ4n) is 2.30. The summed E-state index contributed by atoms with van der Waals surface area (Å²) in [6.45, 7) is 3.76. The maximum absolute atomic E-state index is 14.1. The van der Waals surface area contributed by atoms with Gasteiger partial charge in [-0.1, -0.05) is 24.2 Å². The maximum atomic E-state index is 14.1. The summed E-state index contributed by atoms with van der Waals surface area (Å²) in [5.41, 5.74) is -2.49. The van der Waals surface area contributed by atoms with Crippen molar-refractivity contribution in [1.82, 2.24) is 5.32 Å². The van der Waals surface area contributed by atoms with E-state index in [1.54, 1.807) is 0 Å². The average Bonchev–Trinajstić information content (AvgIpc) is 2.62. The first-order valence-corrected chi connectivity index (χ1v) is 9.15. The molecule has 0 radical (unpaired) electrons. The van der Waals surface area contributed by atoms with Gasteiger partial charge in [-0.25, -0.2) is 4.39 Å². The fraction of sp³-hybridized carbons (Fsp3) is 0.278. The van der Waals surface area contributed by atoms with E-state index in [9.17, 15) is 35.5 Å². The lowest BCUT2D eigenvalue weighted by molar-refractivity contribution is -0.325. The van der Waals surface area contributed by atoms with E-state index in [4.69, 9.17) is 22.1 Å². The van der Waals surface area contributed by atoms with Gasteiger partial charge in [-0.2, -0.15) is 26.3 Å². The van der Waals surface area contributed by atoms with E-state index in [-0.39, 0.29) is 28.1 Å². The number of nitrogens with two attached hydrogens (primary N) is 1. The Bertz CT molecular complexity index is 922. The van der Waals surface area contributed by atoms with Crippen LogP contribution in [0, 0.1) is 0 Å². The topological polar surface area (TPSA) is 64.4 Å². The Kier molecular flexibility index (Phi) is 8.23. The van der Waals surface area contributed by atoms with Gasteiger partial charge in [-0.05, 0) is 41.1 Å². The van der Waals surface area contributed by atoms with Crippen molar-refractivity contribution in [3.05, 3.63) is 57.2 Å². The van der Waals surface area contributed by atoms with Crippen molar-refractivity contribution in [3.8, 4) is 5.75 Å². The van der Waals surface area contributed by atoms with Crippen molar-refractivity contribution in [2.45, 2.75) is 24.9 Å². The fourth-order valence-corrected chi connectivity index (χ4v) is 3.24. The highest BCUT2D eigenvalue weighted by atomic mass is 79.9. The highest BCUT2D eigenvalue weighted by Crippen LogP contribution is 2.51. The van der Waals surface area contributed by atoms with Gasteiger partial charge < -0.3 is 15.8 Å². The summed E-state index contributed by atoms with van der Waals surface area (Å²) in [5.74, 6) is -0.943. The molecule has 0 aliphatic carbocycles. The summed E-state index contributed by atoms with van der Waals surface area (Å²) >= 11 is 8.53. The van der Waals surface area contributed by atoms with Crippen molar-refractivity contribution < 1.29 is 40.3 Å². The van der Waals surface area contributed by atoms with Crippen LogP contribution in [0.1, 0.15) is 17.3 Å². The smallest absolute Gasteiger partial charge is 0.435 e. The standard InChI is InChI=1S/C18H15BrClF7N2O2/c1-8(16(21,17(22,23)24)18(25,26)27)7-11(19)13(9(2)20)29-15(30)10-5-4-6-12(28)14(10)31-3/h4-7H,1,28H2,2-3H3,(H,29,30)/b11-7+,13-9-. The Morgan fingerprint density at radius 1 is 1.19 bits per heavy atom. The lowest BCUT2D eigenvalue weighted by Gasteiger charge is -2.30. The minimum atomic E-state index is -6.34. The number of rotatable bonds is 6. The second-order valence-corrected chi connectivity index (χ2v) is 7.38. The zero-order valence-corrected chi connectivity index (χ0v) is 18.2. The zero-order valence-electron chi connectivity index (χ0n) is 15.8. The summed E-state index contributed by atoms with van der Waals surface area (Å²) < 4.78 is 95.8. The van der Waals surface area contributed by atoms with Crippen molar-refractivity contribution in [1.29, 1.82) is 0 Å². The van der Waals surface area contributed by atoms with Crippen LogP contribution >= 0.6 is 27.5 Å². The van der Waals surface area contributed by atoms with Crippen LogP contribution in [0.15, 0.2) is 51.6 Å². The minimum absolute atomic E-state index is 0.0343. The van der Waals surface area contributed by atoms with Crippen molar-refractivity contribution in [3.63, 3.8) is 0 Å². The lowest BCUT2D eigenvalue weighted by atomic mass is 9.94. The first-order valence-electron chi connectivity index (χ1n) is 7.98. The number of ether oxygens (including phenoxy) is 1. The van der Waals surface area contributed by atoms with Crippen molar-refractivity contribution in [2.24, 2.45) is 0 Å². The molecule has 1 aromatic rings. The number of carbonyl (C=O) groups is 1. The number of nitrogens with one attached hydrogen (secondary N) is 1. The van der Waals surface area contributed by atoms with Gasteiger partial charge in [0.25, 0.3) is 5.91 Å². The highest BCUT2D eigenvalue weighted by molar-refractivity contribution is 9.12. The molecule has 172 valence electrons. The van der Waals surface area contributed by atoms with Gasteiger partial charge in [-0.15, -0.1) is 0 Å². The number of benzene rings is 1. The molecule has 3 N–H and O–H groups in total. The highest BCUT2D eigenvalue weighted by Gasteiger charge is 2.73. The van der Waals surface area contributed by atoms with Crippen molar-refractivity contribution >= 4 is 39.1 Å². The molecule has 0 aromatic heterocycles. The summed E-state index contributed by atoms with van der Waals surface area (Å²) in [6.07, 6.45) is -12.6. The van der Waals surface area contributed by atoms with Crippen LogP contribution in [0.25, 0.3) is 0 Å². The van der Waals surface area contributed by atoms with Gasteiger partial charge in [-0.3, -0.25) is 4.79 Å². The predicted octanol–water partition coefficient (Wildman–Crippen LogP) is 6.15. The third-order valence-electron chi connectivity index (χ3n) is 3.84. The normalized spacial score (nSPS) is 14.1. The van der Waals surface area contributed by atoms with E-state index in [2.05, 4.69) is 27.8 Å². The monoisotopic (exact) mass is 538 g/mol. The van der Waals surface area contributed by atoms with Crippen LogP contribution in [0.2, 0.25) is 0 Å². The molecule has 0 heterocycles. The van der Waals surface area contributed by atoms with Crippen LogP contribution in [-0.2, 0) is 0 Å². The van der Waals surface area contributed by atoms with Gasteiger partial charge in [0.15, 0.2) is 5.75 Å². The lowest BCUT2D eigenvalue weighted by Crippen LogP contribution is -2.54. The van der Waals surface area contributed by atoms with Gasteiger partial charge in [0.1, 0.15) is 0 Å². The third kappa shape index (κ3) is 5.53. The molecular formula is C18H15BrClF7N2O2. The second kappa shape index (κ2) is 9.51. The summed E-state index contributed by atoms with van der Waals surface area (Å²) in [7, 11) is 1.22. The number of methoxy groups -OCH3 is 1. The maximum Gasteiger partial charge on any atom is 0.435 e. The number of para-hydroxylation sites is 1. The van der Waals surface area contributed by atoms with Crippen LogP contribution in [0.4, 0.5) is 36.4 Å². The van der Waals surface area contributed by atoms with E-state index in [0.29, 0.717) is 0 Å². The number of amides is 1. The van der Waals surface area contributed by atoms with Gasteiger partial charge >= 0.3 is 18.0 Å². The summed E-state index contributed by atoms with van der Waals surface area (Å²) in [6, 6.07) is 4.12. The molecule has 0 aliphatic rings. The zero-order chi connectivity index (χ0) is 24.4. The van der Waals surface area contributed by atoms with Crippen LogP contribution in [0.3, 0.4) is 0 Å². The number of hydrogen-bond acceptors (Lipinski definition) is 3. The molecule has 0 saturated carbocycles. The molecule has 1 rings (SSSR count). The number of anilines is 1. The van der Waals surface area contributed by atoms with Gasteiger partial charge in [0.2, 0.25) is 0 Å². The molecule has 1 aromatic carbocycles. The largest absolute Gasteiger partial charge is 0.494 e. The molecule has 0 spiro atoms. The quantitative estimate of drug-likeness (QED) is 0.259. The number of nitrogen functional groups attached to an aromatic ring is 1. The average molecular weight is 540 g/mol. The van der Waals surface area contributed by atoms with E-state index in [0.717, 1.165) is 0 Å². The molecule has 31 heavy (non-hydrogen) atoms. The molecule has 0 saturated heterocycles. The molecule has 4 nitrogen and oxygen atoms in total. The Hall–Kier alpha value is -2.21. The number of carbonyl (C=O) groups excluding carboxylic acids is 1. The first kappa shape index (κ1) is 26.8. The van der Waals surface area contributed by atoms with Gasteiger partial charge in [0.05, 0.1) is 24.1 Å². The van der Waals surface area contributed by atoms with Crippen LogP contribution in [0.5, 0.6) is 5.75 Å². The molecule has 0 bridgehead atoms. The SMILES string of the molecule is C=C(/C=C(Br)\C(NC(=O)c1cccc(N)c1OC)=C(/C)Cl)C(F)(C(F)(F)F)C(F)(F)F. The molecule has 0 atom stereocenters. The molecule has 13 heteroatoms.